The van der Waals surface area contributed by atoms with Gasteiger partial charge in [0.15, 0.2) is 0 Å². The second kappa shape index (κ2) is 4.18. The smallest absolute Gasteiger partial charge is 0.295 e. The maximum atomic E-state index is 11.5. The van der Waals surface area contributed by atoms with E-state index in [1.165, 1.54) is 11.3 Å². The number of thioether (sulfide) groups is 1. The van der Waals surface area contributed by atoms with Gasteiger partial charge in [-0.2, -0.15) is 0 Å². The normalized spacial score (nSPS) is 19.3. The second-order valence-electron chi connectivity index (χ2n) is 2.77. The van der Waals surface area contributed by atoms with Gasteiger partial charge in [0.05, 0.1) is 4.91 Å². The molecule has 1 aromatic rings. The van der Waals surface area contributed by atoms with Crippen LogP contribution >= 0.6 is 23.1 Å². The Morgan fingerprint density at radius 3 is 2.80 bits per heavy atom. The number of carbonyl (C=O) groups is 2. The highest BCUT2D eigenvalue weighted by molar-refractivity contribution is 8.18. The molecule has 0 atom stereocenters. The van der Waals surface area contributed by atoms with Crippen molar-refractivity contribution in [2.45, 2.75) is 0 Å². The number of aliphatic hydroxyl groups excluding tert-OH is 1. The number of carbonyl (C=O) groups excluding carboxylic acids is 2. The molecule has 2 rings (SSSR count). The Balaban J connectivity index is 2.26. The van der Waals surface area contributed by atoms with E-state index in [2.05, 4.69) is 0 Å². The third-order valence-electron chi connectivity index (χ3n) is 1.83. The molecule has 2 heterocycles. The molecule has 2 amide bonds. The fourth-order valence-electron chi connectivity index (χ4n) is 1.12. The summed E-state index contributed by atoms with van der Waals surface area (Å²) in [7, 11) is 0. The van der Waals surface area contributed by atoms with Crippen LogP contribution in [0.2, 0.25) is 0 Å². The number of hydrogen-bond acceptors (Lipinski definition) is 5. The van der Waals surface area contributed by atoms with E-state index in [1.807, 2.05) is 17.5 Å². The molecule has 1 aliphatic heterocycles. The van der Waals surface area contributed by atoms with Crippen molar-refractivity contribution < 1.29 is 14.7 Å². The molecule has 1 aromatic heterocycles. The lowest BCUT2D eigenvalue weighted by molar-refractivity contribution is -0.125. The zero-order valence-corrected chi connectivity index (χ0v) is 9.18. The van der Waals surface area contributed by atoms with Crippen LogP contribution in [0.15, 0.2) is 22.4 Å². The molecule has 4 nitrogen and oxygen atoms in total. The van der Waals surface area contributed by atoms with E-state index in [0.29, 0.717) is 4.91 Å². The van der Waals surface area contributed by atoms with Crippen molar-refractivity contribution in [3.8, 4) is 0 Å². The topological polar surface area (TPSA) is 57.6 Å². The highest BCUT2D eigenvalue weighted by Crippen LogP contribution is 2.32. The first-order valence-electron chi connectivity index (χ1n) is 4.12. The van der Waals surface area contributed by atoms with Gasteiger partial charge in [-0.15, -0.1) is 11.3 Å². The van der Waals surface area contributed by atoms with Crippen molar-refractivity contribution in [1.82, 2.24) is 4.90 Å². The fraction of sp³-hybridized carbons (Fsp3) is 0.111. The number of hydrogen-bond donors (Lipinski definition) is 1. The Hall–Kier alpha value is -1.11. The van der Waals surface area contributed by atoms with Crippen molar-refractivity contribution >= 4 is 40.3 Å². The molecular formula is C9H7NO3S2. The quantitative estimate of drug-likeness (QED) is 0.801. The van der Waals surface area contributed by atoms with E-state index in [9.17, 15) is 9.59 Å². The summed E-state index contributed by atoms with van der Waals surface area (Å²) in [5.41, 5.74) is 0. The average Bonchev–Trinajstić information content (AvgIpc) is 2.78. The summed E-state index contributed by atoms with van der Waals surface area (Å²) in [6, 6.07) is 3.73. The molecule has 0 aromatic carbocycles. The molecule has 1 aliphatic rings. The molecule has 78 valence electrons. The van der Waals surface area contributed by atoms with E-state index >= 15 is 0 Å². The number of nitrogens with zero attached hydrogens (tertiary/aromatic N) is 1. The van der Waals surface area contributed by atoms with Crippen LogP contribution in [-0.4, -0.2) is 27.9 Å². The highest BCUT2D eigenvalue weighted by atomic mass is 32.2. The Kier molecular flexibility index (Phi) is 2.90. The Bertz CT molecular complexity index is 425. The maximum Gasteiger partial charge on any atom is 0.295 e. The van der Waals surface area contributed by atoms with Crippen molar-refractivity contribution in [3.63, 3.8) is 0 Å². The Morgan fingerprint density at radius 2 is 2.27 bits per heavy atom. The first-order valence-corrected chi connectivity index (χ1v) is 5.81. The Labute approximate surface area is 94.2 Å². The van der Waals surface area contributed by atoms with Crippen LogP contribution in [0.3, 0.4) is 0 Å². The van der Waals surface area contributed by atoms with Crippen molar-refractivity contribution in [2.24, 2.45) is 0 Å². The maximum absolute atomic E-state index is 11.5. The van der Waals surface area contributed by atoms with Crippen LogP contribution in [0.4, 0.5) is 4.79 Å². The highest BCUT2D eigenvalue weighted by Gasteiger charge is 2.34. The summed E-state index contributed by atoms with van der Waals surface area (Å²) in [5, 5.41) is 10.3. The molecule has 1 saturated heterocycles. The molecule has 0 saturated carbocycles. The monoisotopic (exact) mass is 241 g/mol. The lowest BCUT2D eigenvalue weighted by Gasteiger charge is -2.05. The van der Waals surface area contributed by atoms with E-state index in [4.69, 9.17) is 5.11 Å². The molecule has 0 aliphatic carbocycles. The van der Waals surface area contributed by atoms with Gasteiger partial charge in [-0.05, 0) is 29.3 Å². The van der Waals surface area contributed by atoms with Gasteiger partial charge in [0, 0.05) is 4.88 Å². The van der Waals surface area contributed by atoms with E-state index in [0.717, 1.165) is 21.5 Å². The van der Waals surface area contributed by atoms with Gasteiger partial charge in [0.1, 0.15) is 6.73 Å². The fourth-order valence-corrected chi connectivity index (χ4v) is 2.68. The van der Waals surface area contributed by atoms with Gasteiger partial charge < -0.3 is 5.11 Å². The summed E-state index contributed by atoms with van der Waals surface area (Å²) < 4.78 is 0. The zero-order valence-electron chi connectivity index (χ0n) is 7.54. The van der Waals surface area contributed by atoms with E-state index < -0.39 is 17.9 Å². The minimum absolute atomic E-state index is 0.358. The lowest BCUT2D eigenvalue weighted by Crippen LogP contribution is -2.28. The number of thiophene rings is 1. The van der Waals surface area contributed by atoms with Gasteiger partial charge in [0.25, 0.3) is 11.1 Å². The largest absolute Gasteiger partial charge is 0.376 e. The minimum atomic E-state index is -0.563. The van der Waals surface area contributed by atoms with Crippen LogP contribution in [0.1, 0.15) is 4.88 Å². The van der Waals surface area contributed by atoms with Crippen molar-refractivity contribution in [1.29, 1.82) is 0 Å². The van der Waals surface area contributed by atoms with Gasteiger partial charge in [-0.25, -0.2) is 4.90 Å². The Morgan fingerprint density at radius 1 is 1.47 bits per heavy atom. The second-order valence-corrected chi connectivity index (χ2v) is 4.74. The van der Waals surface area contributed by atoms with Crippen molar-refractivity contribution in [3.05, 3.63) is 27.3 Å². The summed E-state index contributed by atoms with van der Waals surface area (Å²) in [6.07, 6.45) is 1.66. The molecule has 6 heteroatoms. The molecular weight excluding hydrogens is 234 g/mol. The number of amides is 2. The minimum Gasteiger partial charge on any atom is -0.376 e. The standard InChI is InChI=1S/C9H7NO3S2/c11-5-10-8(12)7(15-9(10)13)4-6-2-1-3-14-6/h1-4,11H,5H2. The van der Waals surface area contributed by atoms with Crippen molar-refractivity contribution in [2.75, 3.05) is 6.73 Å². The van der Waals surface area contributed by atoms with Crippen LogP contribution < -0.4 is 0 Å². The molecule has 0 unspecified atom stereocenters. The van der Waals surface area contributed by atoms with Crippen LogP contribution in [0, 0.1) is 0 Å². The van der Waals surface area contributed by atoms with Crippen LogP contribution in [0.25, 0.3) is 6.08 Å². The third-order valence-corrected chi connectivity index (χ3v) is 3.56. The summed E-state index contributed by atoms with van der Waals surface area (Å²) in [5.74, 6) is -0.430. The first-order chi connectivity index (χ1) is 7.22. The lowest BCUT2D eigenvalue weighted by atomic mass is 10.4. The van der Waals surface area contributed by atoms with Gasteiger partial charge >= 0.3 is 0 Å². The predicted molar refractivity (Wildman–Crippen MR) is 59.2 cm³/mol. The van der Waals surface area contributed by atoms with E-state index in [-0.39, 0.29) is 0 Å². The summed E-state index contributed by atoms with van der Waals surface area (Å²) in [4.78, 5) is 24.8. The first kappa shape index (κ1) is 10.4. The molecule has 0 bridgehead atoms. The molecule has 1 fully saturated rings. The van der Waals surface area contributed by atoms with Gasteiger partial charge in [0.2, 0.25) is 0 Å². The molecule has 0 radical (unpaired) electrons. The molecule has 15 heavy (non-hydrogen) atoms. The van der Waals surface area contributed by atoms with Crippen LogP contribution in [0.5, 0.6) is 0 Å². The molecule has 1 N–H and O–H groups in total. The average molecular weight is 241 g/mol. The predicted octanol–water partition coefficient (Wildman–Crippen LogP) is 1.73. The third kappa shape index (κ3) is 1.97. The SMILES string of the molecule is O=C1SC(=Cc2cccs2)C(=O)N1CO. The van der Waals surface area contributed by atoms with Crippen LogP contribution in [-0.2, 0) is 4.79 Å². The number of aliphatic hydroxyl groups is 1. The number of rotatable bonds is 2. The molecule has 0 spiro atoms. The summed E-state index contributed by atoms with van der Waals surface area (Å²) >= 11 is 2.34. The van der Waals surface area contributed by atoms with Gasteiger partial charge in [-0.1, -0.05) is 6.07 Å². The number of imide groups is 1. The zero-order chi connectivity index (χ0) is 10.8. The summed E-state index contributed by atoms with van der Waals surface area (Å²) in [6.45, 7) is -0.563. The van der Waals surface area contributed by atoms with E-state index in [1.54, 1.807) is 6.08 Å². The van der Waals surface area contributed by atoms with Gasteiger partial charge in [-0.3, -0.25) is 9.59 Å².